The quantitative estimate of drug-likeness (QED) is 0.522. The van der Waals surface area contributed by atoms with Gasteiger partial charge in [0, 0.05) is 23.2 Å². The molecule has 27 heavy (non-hydrogen) atoms. The van der Waals surface area contributed by atoms with E-state index < -0.39 is 5.91 Å². The number of pyridine rings is 2. The van der Waals surface area contributed by atoms with Crippen molar-refractivity contribution in [1.29, 1.82) is 0 Å². The van der Waals surface area contributed by atoms with Crippen LogP contribution in [-0.2, 0) is 5.88 Å². The van der Waals surface area contributed by atoms with Gasteiger partial charge < -0.3 is 5.73 Å². The lowest BCUT2D eigenvalue weighted by atomic mass is 9.98. The molecule has 0 radical (unpaired) electrons. The molecule has 0 aliphatic heterocycles. The van der Waals surface area contributed by atoms with Crippen molar-refractivity contribution in [3.05, 3.63) is 84.1 Å². The van der Waals surface area contributed by atoms with Gasteiger partial charge in [-0.05, 0) is 23.3 Å². The number of fused-ring (bicyclic) bond motifs is 1. The van der Waals surface area contributed by atoms with Crippen LogP contribution >= 0.6 is 11.6 Å². The molecule has 0 saturated carbocycles. The maximum Gasteiger partial charge on any atom is 0.250 e. The van der Waals surface area contributed by atoms with E-state index in [9.17, 15) is 4.79 Å². The van der Waals surface area contributed by atoms with Gasteiger partial charge in [0.1, 0.15) is 0 Å². The van der Waals surface area contributed by atoms with Gasteiger partial charge in [-0.3, -0.25) is 9.78 Å². The number of alkyl halides is 1. The highest BCUT2D eigenvalue weighted by Gasteiger charge is 2.13. The van der Waals surface area contributed by atoms with Crippen LogP contribution in [0.1, 0.15) is 15.9 Å². The number of hydrogen-bond acceptors (Lipinski definition) is 3. The number of carbonyl (C=O) groups excluding carboxylic acids is 1. The first-order valence-electron chi connectivity index (χ1n) is 8.47. The molecule has 5 heteroatoms. The van der Waals surface area contributed by atoms with Crippen molar-refractivity contribution in [2.45, 2.75) is 5.88 Å². The van der Waals surface area contributed by atoms with Gasteiger partial charge in [-0.1, -0.05) is 54.6 Å². The average Bonchev–Trinajstić information content (AvgIpc) is 2.73. The molecule has 0 saturated heterocycles. The van der Waals surface area contributed by atoms with Crippen LogP contribution in [0.5, 0.6) is 0 Å². The second-order valence-electron chi connectivity index (χ2n) is 6.21. The lowest BCUT2D eigenvalue weighted by Crippen LogP contribution is -2.11. The molecular formula is C22H16ClN3O. The number of hydrogen-bond donors (Lipinski definition) is 1. The van der Waals surface area contributed by atoms with E-state index in [-0.39, 0.29) is 0 Å². The van der Waals surface area contributed by atoms with Crippen LogP contribution < -0.4 is 5.73 Å². The van der Waals surface area contributed by atoms with E-state index >= 15 is 0 Å². The van der Waals surface area contributed by atoms with Crippen molar-refractivity contribution in [3.63, 3.8) is 0 Å². The van der Waals surface area contributed by atoms with Crippen LogP contribution in [0.25, 0.3) is 33.4 Å². The van der Waals surface area contributed by atoms with Crippen LogP contribution in [0.2, 0.25) is 0 Å². The largest absolute Gasteiger partial charge is 0.366 e. The van der Waals surface area contributed by atoms with E-state index in [1.165, 1.54) is 6.20 Å². The zero-order valence-corrected chi connectivity index (χ0v) is 15.1. The zero-order valence-electron chi connectivity index (χ0n) is 14.4. The first kappa shape index (κ1) is 17.2. The summed E-state index contributed by atoms with van der Waals surface area (Å²) in [6, 6.07) is 21.7. The number of aromatic nitrogens is 2. The minimum Gasteiger partial charge on any atom is -0.366 e. The molecule has 132 valence electrons. The summed E-state index contributed by atoms with van der Waals surface area (Å²) in [5.74, 6) is -0.0607. The second kappa shape index (κ2) is 7.17. The molecule has 4 aromatic rings. The lowest BCUT2D eigenvalue weighted by Gasteiger charge is -2.12. The van der Waals surface area contributed by atoms with Gasteiger partial charge in [0.2, 0.25) is 5.91 Å². The molecule has 0 atom stereocenters. The molecule has 0 bridgehead atoms. The van der Waals surface area contributed by atoms with Gasteiger partial charge in [0.15, 0.2) is 0 Å². The van der Waals surface area contributed by atoms with E-state index in [0.717, 1.165) is 27.9 Å². The molecular weight excluding hydrogens is 358 g/mol. The number of primary amides is 1. The normalized spacial score (nSPS) is 10.9. The fourth-order valence-corrected chi connectivity index (χ4v) is 3.17. The van der Waals surface area contributed by atoms with E-state index in [0.29, 0.717) is 22.5 Å². The number of rotatable bonds is 4. The number of nitrogens with zero attached hydrogens (tertiary/aromatic N) is 2. The van der Waals surface area contributed by atoms with E-state index in [1.54, 1.807) is 6.07 Å². The molecule has 2 heterocycles. The van der Waals surface area contributed by atoms with E-state index in [2.05, 4.69) is 4.98 Å². The van der Waals surface area contributed by atoms with Gasteiger partial charge in [-0.2, -0.15) is 0 Å². The molecule has 4 rings (SSSR count). The highest BCUT2D eigenvalue weighted by Crippen LogP contribution is 2.33. The Morgan fingerprint density at radius 1 is 0.926 bits per heavy atom. The highest BCUT2D eigenvalue weighted by molar-refractivity contribution is 6.17. The van der Waals surface area contributed by atoms with Crippen LogP contribution in [-0.4, -0.2) is 15.9 Å². The van der Waals surface area contributed by atoms with Crippen molar-refractivity contribution in [3.8, 4) is 22.4 Å². The molecule has 0 aliphatic rings. The third kappa shape index (κ3) is 3.39. The monoisotopic (exact) mass is 373 g/mol. The highest BCUT2D eigenvalue weighted by atomic mass is 35.5. The van der Waals surface area contributed by atoms with Gasteiger partial charge in [0.25, 0.3) is 0 Å². The van der Waals surface area contributed by atoms with Crippen LogP contribution in [0.15, 0.2) is 72.9 Å². The minimum atomic E-state index is -0.522. The Morgan fingerprint density at radius 2 is 1.67 bits per heavy atom. The minimum absolute atomic E-state index is 0.339. The molecule has 1 amide bonds. The van der Waals surface area contributed by atoms with Gasteiger partial charge in [0.05, 0.1) is 22.3 Å². The van der Waals surface area contributed by atoms with Crippen LogP contribution in [0.3, 0.4) is 0 Å². The maximum atomic E-state index is 11.5. The molecule has 2 N–H and O–H groups in total. The SMILES string of the molecule is NC(=O)c1cnc2cc(-c3ccccc3)c(-c3ccc(CCl)cc3)nc2c1. The Bertz CT molecular complexity index is 1130. The third-order valence-electron chi connectivity index (χ3n) is 4.42. The number of benzene rings is 2. The molecule has 0 aliphatic carbocycles. The Balaban J connectivity index is 1.97. The van der Waals surface area contributed by atoms with Crippen molar-refractivity contribution in [2.24, 2.45) is 5.73 Å². The number of halogens is 1. The van der Waals surface area contributed by atoms with Gasteiger partial charge in [-0.15, -0.1) is 11.6 Å². The third-order valence-corrected chi connectivity index (χ3v) is 4.73. The summed E-state index contributed by atoms with van der Waals surface area (Å²) in [5, 5.41) is 0. The second-order valence-corrected chi connectivity index (χ2v) is 6.47. The Kier molecular flexibility index (Phi) is 4.57. The Morgan fingerprint density at radius 3 is 2.33 bits per heavy atom. The van der Waals surface area contributed by atoms with Crippen molar-refractivity contribution in [1.82, 2.24) is 9.97 Å². The van der Waals surface area contributed by atoms with Gasteiger partial charge >= 0.3 is 0 Å². The van der Waals surface area contributed by atoms with Crippen molar-refractivity contribution in [2.75, 3.05) is 0 Å². The smallest absolute Gasteiger partial charge is 0.250 e. The van der Waals surface area contributed by atoms with E-state index in [1.807, 2.05) is 60.7 Å². The first-order chi connectivity index (χ1) is 13.2. The predicted molar refractivity (Wildman–Crippen MR) is 108 cm³/mol. The maximum absolute atomic E-state index is 11.5. The number of amides is 1. The number of carbonyl (C=O) groups is 1. The van der Waals surface area contributed by atoms with Crippen LogP contribution in [0.4, 0.5) is 0 Å². The molecule has 0 fully saturated rings. The lowest BCUT2D eigenvalue weighted by molar-refractivity contribution is 0.1000. The number of nitrogens with two attached hydrogens (primary N) is 1. The molecule has 2 aromatic heterocycles. The van der Waals surface area contributed by atoms with Crippen molar-refractivity contribution < 1.29 is 4.79 Å². The fraction of sp³-hybridized carbons (Fsp3) is 0.0455. The fourth-order valence-electron chi connectivity index (χ4n) is 2.99. The van der Waals surface area contributed by atoms with E-state index in [4.69, 9.17) is 22.3 Å². The summed E-state index contributed by atoms with van der Waals surface area (Å²) in [6.45, 7) is 0. The Hall–Kier alpha value is -3.24. The summed E-state index contributed by atoms with van der Waals surface area (Å²) >= 11 is 5.91. The molecule has 0 unspecified atom stereocenters. The topological polar surface area (TPSA) is 68.9 Å². The Labute approximate surface area is 161 Å². The van der Waals surface area contributed by atoms with Gasteiger partial charge in [-0.25, -0.2) is 4.98 Å². The van der Waals surface area contributed by atoms with Crippen molar-refractivity contribution >= 4 is 28.5 Å². The summed E-state index contributed by atoms with van der Waals surface area (Å²) in [7, 11) is 0. The van der Waals surface area contributed by atoms with Crippen LogP contribution in [0, 0.1) is 0 Å². The molecule has 4 nitrogen and oxygen atoms in total. The predicted octanol–water partition coefficient (Wildman–Crippen LogP) is 4.80. The standard InChI is InChI=1S/C22H16ClN3O/c23-12-14-6-8-16(9-7-14)21-18(15-4-2-1-3-5-15)11-19-20(26-21)10-17(13-25-19)22(24)27/h1-11,13H,12H2,(H2,24,27). The summed E-state index contributed by atoms with van der Waals surface area (Å²) in [5.41, 5.74) is 11.9. The average molecular weight is 374 g/mol. The first-order valence-corrected chi connectivity index (χ1v) is 9.00. The molecule has 0 spiro atoms. The summed E-state index contributed by atoms with van der Waals surface area (Å²) in [6.07, 6.45) is 1.48. The molecule has 2 aromatic carbocycles. The summed E-state index contributed by atoms with van der Waals surface area (Å²) < 4.78 is 0. The zero-order chi connectivity index (χ0) is 18.8. The summed E-state index contributed by atoms with van der Waals surface area (Å²) in [4.78, 5) is 20.7.